The van der Waals surface area contributed by atoms with E-state index in [4.69, 9.17) is 0 Å². The number of hydrogen-bond donors (Lipinski definition) is 1. The van der Waals surface area contributed by atoms with Crippen LogP contribution in [-0.4, -0.2) is 22.6 Å². The molecule has 3 saturated carbocycles. The van der Waals surface area contributed by atoms with Gasteiger partial charge in [0, 0.05) is 11.8 Å². The Balaban J connectivity index is 1.84. The van der Waals surface area contributed by atoms with E-state index in [1.165, 1.54) is 0 Å². The van der Waals surface area contributed by atoms with E-state index in [0.29, 0.717) is 25.7 Å². The lowest BCUT2D eigenvalue weighted by Gasteiger charge is -2.67. The lowest BCUT2D eigenvalue weighted by molar-refractivity contribution is -0.212. The smallest absolute Gasteiger partial charge is 0.310 e. The summed E-state index contributed by atoms with van der Waals surface area (Å²) in [6.45, 7) is 10.4. The summed E-state index contributed by atoms with van der Waals surface area (Å²) in [5, 5.41) is 10.6. The van der Waals surface area contributed by atoms with E-state index in [0.717, 1.165) is 31.3 Å². The molecule has 1 N–H and O–H groups in total. The van der Waals surface area contributed by atoms with Crippen LogP contribution in [0.1, 0.15) is 86.0 Å². The quantitative estimate of drug-likeness (QED) is 0.691. The molecular formula is C25H36O4. The first kappa shape index (κ1) is 20.8. The number of hydrogen-bond acceptors (Lipinski definition) is 3. The molecule has 0 amide bonds. The molecule has 4 nitrogen and oxygen atoms in total. The van der Waals surface area contributed by atoms with Crippen molar-refractivity contribution in [2.75, 3.05) is 0 Å². The van der Waals surface area contributed by atoms with Crippen LogP contribution in [0.25, 0.3) is 0 Å². The van der Waals surface area contributed by atoms with Crippen LogP contribution < -0.4 is 0 Å². The van der Waals surface area contributed by atoms with E-state index in [2.05, 4.69) is 20.8 Å². The molecule has 0 aromatic carbocycles. The van der Waals surface area contributed by atoms with Crippen LogP contribution in [0.4, 0.5) is 0 Å². The number of carboxylic acid groups (broad SMARTS) is 1. The number of allylic oxidation sites excluding steroid dienone is 2. The molecule has 0 spiro atoms. The summed E-state index contributed by atoms with van der Waals surface area (Å²) in [5.41, 5.74) is -0.743. The number of ketones is 2. The highest BCUT2D eigenvalue weighted by Crippen LogP contribution is 2.71. The molecule has 3 fully saturated rings. The third-order valence-electron chi connectivity index (χ3n) is 9.97. The maximum atomic E-state index is 13.6. The zero-order valence-electron chi connectivity index (χ0n) is 18.6. The Morgan fingerprint density at radius 3 is 2.34 bits per heavy atom. The van der Waals surface area contributed by atoms with E-state index in [9.17, 15) is 19.5 Å². The fraction of sp³-hybridized carbons (Fsp3) is 0.800. The van der Waals surface area contributed by atoms with E-state index in [1.54, 1.807) is 6.92 Å². The van der Waals surface area contributed by atoms with Gasteiger partial charge < -0.3 is 5.11 Å². The Hall–Kier alpha value is -1.45. The second kappa shape index (κ2) is 6.28. The highest BCUT2D eigenvalue weighted by atomic mass is 16.4. The van der Waals surface area contributed by atoms with Crippen LogP contribution in [-0.2, 0) is 14.4 Å². The van der Waals surface area contributed by atoms with E-state index in [1.807, 2.05) is 13.0 Å². The molecule has 0 aromatic rings. The Bertz CT molecular complexity index is 808. The fourth-order valence-corrected chi connectivity index (χ4v) is 8.49. The Morgan fingerprint density at radius 2 is 1.72 bits per heavy atom. The van der Waals surface area contributed by atoms with Crippen molar-refractivity contribution in [1.82, 2.24) is 0 Å². The molecular weight excluding hydrogens is 364 g/mol. The minimum atomic E-state index is -0.795. The first-order valence-electron chi connectivity index (χ1n) is 11.4. The van der Waals surface area contributed by atoms with Gasteiger partial charge in [0.2, 0.25) is 0 Å². The molecule has 0 bridgehead atoms. The van der Waals surface area contributed by atoms with Crippen molar-refractivity contribution in [3.05, 3.63) is 11.6 Å². The topological polar surface area (TPSA) is 71.4 Å². The molecule has 4 aliphatic rings. The number of carbonyl (C=O) groups excluding carboxylic acids is 2. The molecule has 0 heterocycles. The largest absolute Gasteiger partial charge is 0.481 e. The minimum Gasteiger partial charge on any atom is -0.481 e. The zero-order chi connectivity index (χ0) is 21.4. The number of carboxylic acids is 1. The molecule has 29 heavy (non-hydrogen) atoms. The van der Waals surface area contributed by atoms with Gasteiger partial charge >= 0.3 is 5.97 Å². The summed E-state index contributed by atoms with van der Waals surface area (Å²) < 4.78 is 0. The van der Waals surface area contributed by atoms with Gasteiger partial charge in [-0.15, -0.1) is 0 Å². The molecule has 0 unspecified atom stereocenters. The summed E-state index contributed by atoms with van der Waals surface area (Å²) >= 11 is 0. The average Bonchev–Trinajstić information content (AvgIpc) is 2.62. The molecule has 6 atom stereocenters. The van der Waals surface area contributed by atoms with E-state index in [-0.39, 0.29) is 40.2 Å². The fourth-order valence-electron chi connectivity index (χ4n) is 8.49. The van der Waals surface area contributed by atoms with Crippen LogP contribution in [0.2, 0.25) is 0 Å². The normalized spacial score (nSPS) is 46.0. The minimum absolute atomic E-state index is 0.00393. The van der Waals surface area contributed by atoms with Gasteiger partial charge in [-0.2, -0.15) is 0 Å². The second-order valence-corrected chi connectivity index (χ2v) is 11.6. The lowest BCUT2D eigenvalue weighted by Crippen LogP contribution is -2.66. The van der Waals surface area contributed by atoms with Gasteiger partial charge in [-0.3, -0.25) is 14.4 Å². The predicted molar refractivity (Wildman–Crippen MR) is 111 cm³/mol. The van der Waals surface area contributed by atoms with Crippen LogP contribution in [0.15, 0.2) is 11.6 Å². The first-order chi connectivity index (χ1) is 13.4. The molecule has 0 saturated heterocycles. The van der Waals surface area contributed by atoms with Crippen LogP contribution in [0, 0.1) is 39.4 Å². The van der Waals surface area contributed by atoms with Crippen LogP contribution in [0.5, 0.6) is 0 Å². The molecule has 0 radical (unpaired) electrons. The molecule has 4 aliphatic carbocycles. The Morgan fingerprint density at radius 1 is 1.03 bits per heavy atom. The molecule has 0 aliphatic heterocycles. The van der Waals surface area contributed by atoms with Crippen molar-refractivity contribution in [3.8, 4) is 0 Å². The lowest BCUT2D eigenvalue weighted by atomic mass is 9.35. The van der Waals surface area contributed by atoms with Gasteiger partial charge in [0.15, 0.2) is 5.78 Å². The van der Waals surface area contributed by atoms with Crippen molar-refractivity contribution in [3.63, 3.8) is 0 Å². The summed E-state index contributed by atoms with van der Waals surface area (Å²) in [6.07, 6.45) is 8.23. The molecule has 0 aromatic heterocycles. The molecule has 4 heteroatoms. The Labute approximate surface area is 174 Å². The second-order valence-electron chi connectivity index (χ2n) is 11.6. The van der Waals surface area contributed by atoms with Crippen LogP contribution >= 0.6 is 0 Å². The van der Waals surface area contributed by atoms with Crippen molar-refractivity contribution in [2.24, 2.45) is 39.4 Å². The summed E-state index contributed by atoms with van der Waals surface area (Å²) in [7, 11) is 0. The first-order valence-corrected chi connectivity index (χ1v) is 11.4. The maximum Gasteiger partial charge on any atom is 0.310 e. The monoisotopic (exact) mass is 400 g/mol. The van der Waals surface area contributed by atoms with E-state index >= 15 is 0 Å². The number of rotatable bonds is 2. The summed E-state index contributed by atoms with van der Waals surface area (Å²) in [4.78, 5) is 38.5. The van der Waals surface area contributed by atoms with Gasteiger partial charge in [-0.25, -0.2) is 0 Å². The zero-order valence-corrected chi connectivity index (χ0v) is 18.6. The van der Waals surface area contributed by atoms with Gasteiger partial charge in [0.25, 0.3) is 0 Å². The van der Waals surface area contributed by atoms with Gasteiger partial charge in [0.1, 0.15) is 5.78 Å². The number of aliphatic carboxylic acids is 1. The van der Waals surface area contributed by atoms with Gasteiger partial charge in [-0.05, 0) is 79.6 Å². The predicted octanol–water partition coefficient (Wildman–Crippen LogP) is 5.20. The maximum absolute atomic E-state index is 13.6. The Kier molecular flexibility index (Phi) is 4.50. The summed E-state index contributed by atoms with van der Waals surface area (Å²) in [5.74, 6) is -0.303. The average molecular weight is 401 g/mol. The van der Waals surface area contributed by atoms with Crippen molar-refractivity contribution >= 4 is 17.5 Å². The van der Waals surface area contributed by atoms with Gasteiger partial charge in [0.05, 0.1) is 5.41 Å². The third kappa shape index (κ3) is 2.59. The standard InChI is InChI=1S/C25H36O4/c1-15(26)16-7-8-18-23(4)12-9-17-22(2,3)10-6-11-25(17,21(28)29)19(23)13-20(27)24(18,5)14-16/h7,17-19H,6,8-14H2,1-5H3,(H,28,29)/t17-,18-,19-,23-,24+,25+/m0/s1. The number of carbonyl (C=O) groups is 3. The summed E-state index contributed by atoms with van der Waals surface area (Å²) in [6, 6.07) is 0. The third-order valence-corrected chi connectivity index (χ3v) is 9.97. The van der Waals surface area contributed by atoms with Crippen molar-refractivity contribution in [2.45, 2.75) is 86.0 Å². The molecule has 4 rings (SSSR count). The van der Waals surface area contributed by atoms with Gasteiger partial charge in [-0.1, -0.05) is 40.2 Å². The highest BCUT2D eigenvalue weighted by molar-refractivity contribution is 5.96. The number of Topliss-reactive ketones (excluding diaryl/α,β-unsaturated/α-hetero) is 2. The van der Waals surface area contributed by atoms with Crippen LogP contribution in [0.3, 0.4) is 0 Å². The van der Waals surface area contributed by atoms with E-state index < -0.39 is 16.8 Å². The SMILES string of the molecule is CC(=O)C1=CC[C@H]2[C@]3(C)CC[C@H]4C(C)(C)CCC[C@]4(C(=O)O)[C@H]3CC(=O)[C@]2(C)C1. The van der Waals surface area contributed by atoms with Crippen molar-refractivity contribution < 1.29 is 19.5 Å². The van der Waals surface area contributed by atoms with Crippen molar-refractivity contribution in [1.29, 1.82) is 0 Å². The highest BCUT2D eigenvalue weighted by Gasteiger charge is 2.70. The molecule has 160 valence electrons. The number of fused-ring (bicyclic) bond motifs is 5.